The molecule has 0 saturated carbocycles. The van der Waals surface area contributed by atoms with Crippen LogP contribution < -0.4 is 5.32 Å². The minimum absolute atomic E-state index is 0.0229. The molecule has 0 radical (unpaired) electrons. The Labute approximate surface area is 134 Å². The van der Waals surface area contributed by atoms with E-state index >= 15 is 0 Å². The zero-order valence-corrected chi connectivity index (χ0v) is 13.9. The van der Waals surface area contributed by atoms with Crippen molar-refractivity contribution in [2.45, 2.75) is 39.0 Å². The predicted molar refractivity (Wildman–Crippen MR) is 89.3 cm³/mol. The molecule has 0 aromatic heterocycles. The Hall–Kier alpha value is -1.16. The second kappa shape index (κ2) is 5.91. The van der Waals surface area contributed by atoms with Gasteiger partial charge in [-0.25, -0.2) is 0 Å². The van der Waals surface area contributed by atoms with Crippen molar-refractivity contribution in [1.29, 1.82) is 0 Å². The molecule has 110 valence electrons. The summed E-state index contributed by atoms with van der Waals surface area (Å²) in [6.07, 6.45) is 0.375. The van der Waals surface area contributed by atoms with Crippen LogP contribution in [0.1, 0.15) is 33.9 Å². The SMILES string of the molecule is Cc1ccc(CN[C@@H]2c3ccc(Br)cc3C[C@@H]2O)cc1C. The molecule has 21 heavy (non-hydrogen) atoms. The van der Waals surface area contributed by atoms with Crippen LogP contribution in [0.15, 0.2) is 40.9 Å². The molecule has 2 atom stereocenters. The van der Waals surface area contributed by atoms with Gasteiger partial charge in [0.2, 0.25) is 0 Å². The number of hydrogen-bond acceptors (Lipinski definition) is 2. The quantitative estimate of drug-likeness (QED) is 0.886. The highest BCUT2D eigenvalue weighted by atomic mass is 79.9. The molecule has 0 unspecified atom stereocenters. The molecule has 0 bridgehead atoms. The molecule has 3 heteroatoms. The summed E-state index contributed by atoms with van der Waals surface area (Å²) in [5.74, 6) is 0. The Balaban J connectivity index is 1.75. The third-order valence-electron chi connectivity index (χ3n) is 4.35. The second-order valence-corrected chi connectivity index (χ2v) is 6.81. The monoisotopic (exact) mass is 345 g/mol. The van der Waals surface area contributed by atoms with E-state index in [0.717, 1.165) is 17.4 Å². The van der Waals surface area contributed by atoms with Gasteiger partial charge in [-0.1, -0.05) is 40.2 Å². The summed E-state index contributed by atoms with van der Waals surface area (Å²) < 4.78 is 1.07. The highest BCUT2D eigenvalue weighted by molar-refractivity contribution is 9.10. The van der Waals surface area contributed by atoms with E-state index in [1.807, 2.05) is 6.07 Å². The van der Waals surface area contributed by atoms with Gasteiger partial charge in [-0.05, 0) is 53.8 Å². The van der Waals surface area contributed by atoms with E-state index in [1.165, 1.54) is 27.8 Å². The van der Waals surface area contributed by atoms with Crippen molar-refractivity contribution in [3.05, 3.63) is 68.7 Å². The molecule has 2 nitrogen and oxygen atoms in total. The summed E-state index contributed by atoms with van der Waals surface area (Å²) in [5, 5.41) is 13.8. The first-order valence-corrected chi connectivity index (χ1v) is 8.10. The molecule has 2 N–H and O–H groups in total. The molecule has 1 aliphatic carbocycles. The van der Waals surface area contributed by atoms with Gasteiger partial charge in [-0.3, -0.25) is 0 Å². The van der Waals surface area contributed by atoms with Gasteiger partial charge in [0.15, 0.2) is 0 Å². The van der Waals surface area contributed by atoms with Crippen LogP contribution in [0.3, 0.4) is 0 Å². The first-order valence-electron chi connectivity index (χ1n) is 7.30. The summed E-state index contributed by atoms with van der Waals surface area (Å²) >= 11 is 3.49. The first-order chi connectivity index (χ1) is 10.0. The van der Waals surface area contributed by atoms with Gasteiger partial charge in [0.05, 0.1) is 12.1 Å². The second-order valence-electron chi connectivity index (χ2n) is 5.89. The van der Waals surface area contributed by atoms with Crippen molar-refractivity contribution in [3.63, 3.8) is 0 Å². The number of rotatable bonds is 3. The highest BCUT2D eigenvalue weighted by Crippen LogP contribution is 2.33. The molecular formula is C18H20BrNO. The summed E-state index contributed by atoms with van der Waals surface area (Å²) in [7, 11) is 0. The Morgan fingerprint density at radius 1 is 1.14 bits per heavy atom. The lowest BCUT2D eigenvalue weighted by Crippen LogP contribution is -2.28. The van der Waals surface area contributed by atoms with E-state index in [0.29, 0.717) is 0 Å². The van der Waals surface area contributed by atoms with Crippen LogP contribution in [-0.4, -0.2) is 11.2 Å². The molecule has 0 saturated heterocycles. The van der Waals surface area contributed by atoms with Gasteiger partial charge in [0.1, 0.15) is 0 Å². The Morgan fingerprint density at radius 2 is 1.95 bits per heavy atom. The van der Waals surface area contributed by atoms with E-state index in [-0.39, 0.29) is 12.1 Å². The third-order valence-corrected chi connectivity index (χ3v) is 4.84. The maximum absolute atomic E-state index is 10.3. The molecule has 0 aliphatic heterocycles. The van der Waals surface area contributed by atoms with Gasteiger partial charge in [0, 0.05) is 17.4 Å². The van der Waals surface area contributed by atoms with E-state index < -0.39 is 0 Å². The van der Waals surface area contributed by atoms with Crippen LogP contribution in [0.25, 0.3) is 0 Å². The number of halogens is 1. The van der Waals surface area contributed by atoms with Crippen LogP contribution in [0, 0.1) is 13.8 Å². The number of nitrogens with one attached hydrogen (secondary N) is 1. The Morgan fingerprint density at radius 3 is 2.71 bits per heavy atom. The van der Waals surface area contributed by atoms with Crippen LogP contribution in [0.2, 0.25) is 0 Å². The number of aliphatic hydroxyl groups excluding tert-OH is 1. The maximum atomic E-state index is 10.3. The lowest BCUT2D eigenvalue weighted by molar-refractivity contribution is 0.140. The van der Waals surface area contributed by atoms with Gasteiger partial charge in [-0.15, -0.1) is 0 Å². The topological polar surface area (TPSA) is 32.3 Å². The number of aliphatic hydroxyl groups is 1. The van der Waals surface area contributed by atoms with Crippen LogP contribution in [-0.2, 0) is 13.0 Å². The van der Waals surface area contributed by atoms with E-state index in [1.54, 1.807) is 0 Å². The maximum Gasteiger partial charge on any atom is 0.0775 e. The Kier molecular flexibility index (Phi) is 4.16. The van der Waals surface area contributed by atoms with Gasteiger partial charge >= 0.3 is 0 Å². The van der Waals surface area contributed by atoms with E-state index in [2.05, 4.69) is 65.4 Å². The van der Waals surface area contributed by atoms with Crippen molar-refractivity contribution in [1.82, 2.24) is 5.32 Å². The standard InChI is InChI=1S/C18H20BrNO/c1-11-3-4-13(7-12(11)2)10-20-18-16-6-5-15(19)8-14(16)9-17(18)21/h3-8,17-18,20-21H,9-10H2,1-2H3/t17-,18+/m0/s1. The fraction of sp³-hybridized carbons (Fsp3) is 0.333. The van der Waals surface area contributed by atoms with Crippen molar-refractivity contribution in [2.75, 3.05) is 0 Å². The Bertz CT molecular complexity index is 668. The van der Waals surface area contributed by atoms with Crippen LogP contribution >= 0.6 is 15.9 Å². The van der Waals surface area contributed by atoms with Gasteiger partial charge in [0.25, 0.3) is 0 Å². The largest absolute Gasteiger partial charge is 0.391 e. The minimum atomic E-state index is -0.346. The fourth-order valence-electron chi connectivity index (χ4n) is 2.99. The molecule has 1 aliphatic rings. The zero-order chi connectivity index (χ0) is 15.0. The predicted octanol–water partition coefficient (Wildman–Crippen LogP) is 3.81. The smallest absolute Gasteiger partial charge is 0.0775 e. The summed E-state index contributed by atoms with van der Waals surface area (Å²) in [5.41, 5.74) is 6.33. The normalized spacial score (nSPS) is 20.6. The molecule has 2 aromatic rings. The number of benzene rings is 2. The number of fused-ring (bicyclic) bond motifs is 1. The average molecular weight is 346 g/mol. The molecule has 0 heterocycles. The number of hydrogen-bond donors (Lipinski definition) is 2. The van der Waals surface area contributed by atoms with Gasteiger partial charge < -0.3 is 10.4 Å². The third kappa shape index (κ3) is 3.05. The molecule has 0 spiro atoms. The lowest BCUT2D eigenvalue weighted by atomic mass is 10.0. The molecule has 2 aromatic carbocycles. The summed E-state index contributed by atoms with van der Waals surface area (Å²) in [6, 6.07) is 12.8. The number of aryl methyl sites for hydroxylation is 2. The first kappa shape index (κ1) is 14.8. The van der Waals surface area contributed by atoms with E-state index in [4.69, 9.17) is 0 Å². The highest BCUT2D eigenvalue weighted by Gasteiger charge is 2.30. The lowest BCUT2D eigenvalue weighted by Gasteiger charge is -2.18. The molecule has 0 fully saturated rings. The van der Waals surface area contributed by atoms with Crippen molar-refractivity contribution in [2.24, 2.45) is 0 Å². The minimum Gasteiger partial charge on any atom is -0.391 e. The van der Waals surface area contributed by atoms with Gasteiger partial charge in [-0.2, -0.15) is 0 Å². The summed E-state index contributed by atoms with van der Waals surface area (Å²) in [6.45, 7) is 5.04. The van der Waals surface area contributed by atoms with Crippen molar-refractivity contribution in [3.8, 4) is 0 Å². The van der Waals surface area contributed by atoms with Crippen molar-refractivity contribution < 1.29 is 5.11 Å². The molecule has 3 rings (SSSR count). The van der Waals surface area contributed by atoms with Crippen molar-refractivity contribution >= 4 is 15.9 Å². The molecular weight excluding hydrogens is 326 g/mol. The van der Waals surface area contributed by atoms with E-state index in [9.17, 15) is 5.11 Å². The molecule has 0 amide bonds. The fourth-order valence-corrected chi connectivity index (χ4v) is 3.40. The zero-order valence-electron chi connectivity index (χ0n) is 12.4. The van der Waals surface area contributed by atoms with Crippen LogP contribution in [0.5, 0.6) is 0 Å². The average Bonchev–Trinajstić information content (AvgIpc) is 2.75. The van der Waals surface area contributed by atoms with Crippen LogP contribution in [0.4, 0.5) is 0 Å². The summed E-state index contributed by atoms with van der Waals surface area (Å²) in [4.78, 5) is 0.